The number of rotatable bonds is 3. The van der Waals surface area contributed by atoms with Crippen molar-refractivity contribution < 1.29 is 19.5 Å². The van der Waals surface area contributed by atoms with Gasteiger partial charge >= 0.3 is 0 Å². The molecule has 0 aliphatic rings. The molecule has 0 aromatic heterocycles. The van der Waals surface area contributed by atoms with E-state index in [9.17, 15) is 0 Å². The zero-order chi connectivity index (χ0) is 12.6. The molecule has 0 amide bonds. The largest absolute Gasteiger partial charge is 0.565 e. The quantitative estimate of drug-likeness (QED) is 0.775. The molecule has 1 aromatic carbocycles. The van der Waals surface area contributed by atoms with Crippen LogP contribution in [0.15, 0.2) is 30.3 Å². The third-order valence-corrected chi connectivity index (χ3v) is 1.91. The van der Waals surface area contributed by atoms with E-state index in [0.29, 0.717) is 0 Å². The predicted octanol–water partition coefficient (Wildman–Crippen LogP) is 0.823. The fourth-order valence-electron chi connectivity index (χ4n) is 1.11. The third-order valence-electron chi connectivity index (χ3n) is 1.91. The highest BCUT2D eigenvalue weighted by Gasteiger charge is 2.05. The fourth-order valence-corrected chi connectivity index (χ4v) is 1.11. The number of benzene rings is 1. The summed E-state index contributed by atoms with van der Waals surface area (Å²) in [4.78, 5) is 8.44. The molecular weight excluding hydrogens is 206 g/mol. The summed E-state index contributed by atoms with van der Waals surface area (Å²) in [6, 6.07) is 10.6. The standard InChI is InChI=1S/C11H18N.CH2O3/c1-12(2,3)10-9-11-7-5-4-6-8-11;2-1(3)4/h4-8H,9-10H2,1-3H3;(H2,2,3,4)/q+1;/p-1. The van der Waals surface area contributed by atoms with Crippen LogP contribution in [-0.4, -0.2) is 43.4 Å². The van der Waals surface area contributed by atoms with E-state index in [2.05, 4.69) is 51.5 Å². The van der Waals surface area contributed by atoms with E-state index in [1.54, 1.807) is 0 Å². The van der Waals surface area contributed by atoms with Gasteiger partial charge in [0.25, 0.3) is 0 Å². The van der Waals surface area contributed by atoms with E-state index in [-0.39, 0.29) is 0 Å². The smallest absolute Gasteiger partial charge is 0.249 e. The van der Waals surface area contributed by atoms with E-state index in [1.807, 2.05) is 0 Å². The third kappa shape index (κ3) is 10.5. The van der Waals surface area contributed by atoms with Gasteiger partial charge in [0, 0.05) is 6.42 Å². The molecule has 0 saturated heterocycles. The van der Waals surface area contributed by atoms with Crippen LogP contribution in [0.4, 0.5) is 4.79 Å². The van der Waals surface area contributed by atoms with Gasteiger partial charge in [0.05, 0.1) is 27.7 Å². The van der Waals surface area contributed by atoms with Gasteiger partial charge in [0.2, 0.25) is 6.16 Å². The van der Waals surface area contributed by atoms with E-state index in [4.69, 9.17) is 15.0 Å². The lowest BCUT2D eigenvalue weighted by molar-refractivity contribution is -0.870. The van der Waals surface area contributed by atoms with Crippen molar-refractivity contribution in [1.82, 2.24) is 0 Å². The summed E-state index contributed by atoms with van der Waals surface area (Å²) in [7, 11) is 6.68. The Labute approximate surface area is 96.3 Å². The highest BCUT2D eigenvalue weighted by atomic mass is 16.6. The number of hydrogen-bond donors (Lipinski definition) is 1. The number of quaternary nitrogens is 1. The average Bonchev–Trinajstić information content (AvgIpc) is 2.14. The first kappa shape index (κ1) is 14.5. The Morgan fingerprint density at radius 2 is 1.69 bits per heavy atom. The Bertz CT molecular complexity index is 300. The molecular formula is C12H19NO3. The zero-order valence-electron chi connectivity index (χ0n) is 10.0. The predicted molar refractivity (Wildman–Crippen MR) is 61.1 cm³/mol. The maximum atomic E-state index is 8.44. The molecule has 0 unspecified atom stereocenters. The zero-order valence-corrected chi connectivity index (χ0v) is 10.0. The summed E-state index contributed by atoms with van der Waals surface area (Å²) in [6.07, 6.45) is -0.912. The monoisotopic (exact) mass is 225 g/mol. The lowest BCUT2D eigenvalue weighted by atomic mass is 10.1. The molecule has 0 fully saturated rings. The molecule has 0 saturated carbocycles. The van der Waals surface area contributed by atoms with Gasteiger partial charge in [-0.1, -0.05) is 30.3 Å². The van der Waals surface area contributed by atoms with Crippen LogP contribution >= 0.6 is 0 Å². The lowest BCUT2D eigenvalue weighted by Gasteiger charge is -2.23. The minimum Gasteiger partial charge on any atom is -0.565 e. The number of hydrogen-bond acceptors (Lipinski definition) is 2. The fraction of sp³-hybridized carbons (Fsp3) is 0.417. The molecule has 0 atom stereocenters. The number of likely N-dealkylation sites (N-methyl/N-ethyl adjacent to an activating group) is 1. The molecule has 0 spiro atoms. The highest BCUT2D eigenvalue weighted by molar-refractivity contribution is 5.50. The van der Waals surface area contributed by atoms with Crippen LogP contribution < -0.4 is 5.11 Å². The molecule has 0 aliphatic heterocycles. The van der Waals surface area contributed by atoms with Gasteiger partial charge in [-0.3, -0.25) is 0 Å². The van der Waals surface area contributed by atoms with Crippen molar-refractivity contribution in [3.8, 4) is 0 Å². The number of nitrogens with zero attached hydrogens (tertiary/aromatic N) is 1. The molecule has 1 rings (SSSR count). The van der Waals surface area contributed by atoms with Crippen molar-refractivity contribution >= 4 is 6.16 Å². The van der Waals surface area contributed by atoms with Crippen LogP contribution in [0.3, 0.4) is 0 Å². The molecule has 1 aromatic rings. The Hall–Kier alpha value is -1.55. The first-order valence-corrected chi connectivity index (χ1v) is 5.05. The molecule has 0 heterocycles. The maximum absolute atomic E-state index is 8.44. The number of carboxylic acid groups (broad SMARTS) is 2. The first-order chi connectivity index (χ1) is 7.31. The van der Waals surface area contributed by atoms with E-state index in [0.717, 1.165) is 4.48 Å². The second-order valence-corrected chi connectivity index (χ2v) is 4.52. The maximum Gasteiger partial charge on any atom is 0.249 e. The Balaban J connectivity index is 0.000000487. The summed E-state index contributed by atoms with van der Waals surface area (Å²) in [5, 5.41) is 15.3. The van der Waals surface area contributed by atoms with Gasteiger partial charge in [-0.05, 0) is 5.56 Å². The Morgan fingerprint density at radius 1 is 1.25 bits per heavy atom. The summed E-state index contributed by atoms with van der Waals surface area (Å²) in [5.74, 6) is 0. The van der Waals surface area contributed by atoms with Gasteiger partial charge in [0.1, 0.15) is 0 Å². The van der Waals surface area contributed by atoms with Crippen LogP contribution in [0.5, 0.6) is 0 Å². The van der Waals surface area contributed by atoms with E-state index >= 15 is 0 Å². The van der Waals surface area contributed by atoms with Crippen molar-refractivity contribution in [1.29, 1.82) is 0 Å². The van der Waals surface area contributed by atoms with Crippen molar-refractivity contribution in [3.63, 3.8) is 0 Å². The molecule has 0 radical (unpaired) electrons. The van der Waals surface area contributed by atoms with E-state index in [1.165, 1.54) is 18.5 Å². The van der Waals surface area contributed by atoms with Gasteiger partial charge in [-0.15, -0.1) is 0 Å². The van der Waals surface area contributed by atoms with E-state index < -0.39 is 6.16 Å². The van der Waals surface area contributed by atoms with Crippen molar-refractivity contribution in [2.24, 2.45) is 0 Å². The average molecular weight is 225 g/mol. The van der Waals surface area contributed by atoms with Gasteiger partial charge < -0.3 is 19.5 Å². The minimum absolute atomic E-state index is 1.04. The van der Waals surface area contributed by atoms with Crippen LogP contribution in [0.2, 0.25) is 0 Å². The van der Waals surface area contributed by atoms with Gasteiger partial charge in [0.15, 0.2) is 0 Å². The molecule has 90 valence electrons. The molecule has 4 nitrogen and oxygen atoms in total. The summed E-state index contributed by atoms with van der Waals surface area (Å²) in [5.41, 5.74) is 1.44. The highest BCUT2D eigenvalue weighted by Crippen LogP contribution is 2.02. The van der Waals surface area contributed by atoms with Gasteiger partial charge in [-0.25, -0.2) is 0 Å². The van der Waals surface area contributed by atoms with Crippen molar-refractivity contribution in [2.45, 2.75) is 6.42 Å². The summed E-state index contributed by atoms with van der Waals surface area (Å²) >= 11 is 0. The van der Waals surface area contributed by atoms with Crippen LogP contribution in [0.25, 0.3) is 0 Å². The van der Waals surface area contributed by atoms with Crippen molar-refractivity contribution in [2.75, 3.05) is 27.7 Å². The summed E-state index contributed by atoms with van der Waals surface area (Å²) in [6.45, 7) is 1.20. The van der Waals surface area contributed by atoms with Crippen LogP contribution in [0, 0.1) is 0 Å². The SMILES string of the molecule is C[N+](C)(C)CCc1ccccc1.O=C([O-])O. The summed E-state index contributed by atoms with van der Waals surface area (Å²) < 4.78 is 1.04. The molecule has 0 aliphatic carbocycles. The van der Waals surface area contributed by atoms with Gasteiger partial charge in [-0.2, -0.15) is 0 Å². The van der Waals surface area contributed by atoms with Crippen molar-refractivity contribution in [3.05, 3.63) is 35.9 Å². The molecule has 1 N–H and O–H groups in total. The second kappa shape index (κ2) is 6.85. The second-order valence-electron chi connectivity index (χ2n) is 4.52. The Morgan fingerprint density at radius 3 is 2.06 bits per heavy atom. The minimum atomic E-state index is -2.08. The lowest BCUT2D eigenvalue weighted by Crippen LogP contribution is -2.36. The molecule has 16 heavy (non-hydrogen) atoms. The van der Waals surface area contributed by atoms with Crippen LogP contribution in [-0.2, 0) is 6.42 Å². The molecule has 4 heteroatoms. The topological polar surface area (TPSA) is 60.4 Å². The number of carbonyl (C=O) groups is 1. The molecule has 0 bridgehead atoms. The normalized spacial score (nSPS) is 10.2. The first-order valence-electron chi connectivity index (χ1n) is 5.05. The van der Waals surface area contributed by atoms with Crippen LogP contribution in [0.1, 0.15) is 5.56 Å². The Kier molecular flexibility index (Phi) is 6.18.